The number of carbonyl (C=O) groups excluding carboxylic acids is 1. The second-order valence-corrected chi connectivity index (χ2v) is 7.50. The first-order valence-corrected chi connectivity index (χ1v) is 9.54. The summed E-state index contributed by atoms with van der Waals surface area (Å²) in [6, 6.07) is 5.58. The summed E-state index contributed by atoms with van der Waals surface area (Å²) in [5.74, 6) is 2.09. The topological polar surface area (TPSA) is 87.8 Å². The lowest BCUT2D eigenvalue weighted by Crippen LogP contribution is -2.47. The maximum Gasteiger partial charge on any atom is 0.346 e. The number of aromatic nitrogens is 3. The third-order valence-electron chi connectivity index (χ3n) is 5.71. The Hall–Kier alpha value is -2.81. The monoisotopic (exact) mass is 386 g/mol. The van der Waals surface area contributed by atoms with Crippen molar-refractivity contribution < 1.29 is 19.0 Å². The molecule has 3 aliphatic rings. The van der Waals surface area contributed by atoms with Gasteiger partial charge in [-0.3, -0.25) is 9.36 Å². The Morgan fingerprint density at radius 3 is 2.96 bits per heavy atom. The van der Waals surface area contributed by atoms with Crippen LogP contribution in [-0.4, -0.2) is 50.6 Å². The molecule has 0 aliphatic carbocycles. The quantitative estimate of drug-likeness (QED) is 0.765. The summed E-state index contributed by atoms with van der Waals surface area (Å²) in [5.41, 5.74) is 0.274. The molecule has 3 aliphatic heterocycles. The first-order chi connectivity index (χ1) is 13.6. The fraction of sp³-hybridized carbons (Fsp3) is 0.526. The molecule has 0 N–H and O–H groups in total. The van der Waals surface area contributed by atoms with E-state index in [-0.39, 0.29) is 18.4 Å². The number of benzene rings is 1. The van der Waals surface area contributed by atoms with Gasteiger partial charge in [0.15, 0.2) is 17.3 Å². The number of ether oxygens (including phenoxy) is 3. The van der Waals surface area contributed by atoms with Gasteiger partial charge in [0.1, 0.15) is 12.2 Å². The van der Waals surface area contributed by atoms with Crippen LogP contribution >= 0.6 is 0 Å². The lowest BCUT2D eigenvalue weighted by Gasteiger charge is -2.33. The minimum atomic E-state index is -0.511. The molecule has 5 rings (SSSR count). The molecule has 9 nitrogen and oxygen atoms in total. The fourth-order valence-electron chi connectivity index (χ4n) is 4.15. The predicted octanol–water partition coefficient (Wildman–Crippen LogP) is 0.537. The second kappa shape index (κ2) is 6.37. The van der Waals surface area contributed by atoms with Crippen LogP contribution in [0.4, 0.5) is 0 Å². The Morgan fingerprint density at radius 2 is 2.11 bits per heavy atom. The largest absolute Gasteiger partial charge is 0.454 e. The van der Waals surface area contributed by atoms with Gasteiger partial charge >= 0.3 is 5.69 Å². The lowest BCUT2D eigenvalue weighted by atomic mass is 10.0. The first kappa shape index (κ1) is 17.3. The number of fused-ring (bicyclic) bond motifs is 2. The van der Waals surface area contributed by atoms with Crippen molar-refractivity contribution in [2.75, 3.05) is 19.9 Å². The molecule has 0 bridgehead atoms. The van der Waals surface area contributed by atoms with E-state index in [0.29, 0.717) is 63.0 Å². The average Bonchev–Trinajstić information content (AvgIpc) is 3.40. The first-order valence-electron chi connectivity index (χ1n) is 9.54. The Bertz CT molecular complexity index is 997. The van der Waals surface area contributed by atoms with E-state index in [1.54, 1.807) is 4.57 Å². The van der Waals surface area contributed by atoms with Crippen molar-refractivity contribution in [3.63, 3.8) is 0 Å². The predicted molar refractivity (Wildman–Crippen MR) is 97.1 cm³/mol. The Morgan fingerprint density at radius 1 is 1.25 bits per heavy atom. The highest BCUT2D eigenvalue weighted by molar-refractivity contribution is 5.79. The smallest absolute Gasteiger partial charge is 0.346 e. The summed E-state index contributed by atoms with van der Waals surface area (Å²) in [5, 5.41) is 4.30. The number of likely N-dealkylation sites (tertiary alicyclic amines) is 1. The summed E-state index contributed by atoms with van der Waals surface area (Å²) in [7, 11) is 0. The minimum Gasteiger partial charge on any atom is -0.454 e. The molecule has 1 amide bonds. The number of rotatable bonds is 3. The zero-order chi connectivity index (χ0) is 19.3. The van der Waals surface area contributed by atoms with Gasteiger partial charge in [0, 0.05) is 13.1 Å². The van der Waals surface area contributed by atoms with Crippen molar-refractivity contribution in [1.82, 2.24) is 19.2 Å². The van der Waals surface area contributed by atoms with E-state index >= 15 is 0 Å². The summed E-state index contributed by atoms with van der Waals surface area (Å²) >= 11 is 0. The van der Waals surface area contributed by atoms with Gasteiger partial charge in [-0.2, -0.15) is 5.10 Å². The molecule has 9 heteroatoms. The van der Waals surface area contributed by atoms with Crippen LogP contribution in [0.25, 0.3) is 0 Å². The number of aryl methyl sites for hydroxylation is 1. The summed E-state index contributed by atoms with van der Waals surface area (Å²) < 4.78 is 19.9. The molecule has 1 aromatic heterocycles. The van der Waals surface area contributed by atoms with E-state index in [1.165, 1.54) is 4.68 Å². The van der Waals surface area contributed by atoms with Gasteiger partial charge in [-0.25, -0.2) is 9.48 Å². The van der Waals surface area contributed by atoms with E-state index < -0.39 is 5.60 Å². The van der Waals surface area contributed by atoms with Crippen molar-refractivity contribution in [2.24, 2.45) is 0 Å². The van der Waals surface area contributed by atoms with E-state index in [4.69, 9.17) is 14.2 Å². The molecule has 1 spiro atoms. The standard InChI is InChI=1S/C19H22N4O5/c1-2-23-18(25)22-11-19(28-9-16(22)20-23)5-6-21(10-19)17(24)8-13-3-4-14-15(7-13)27-12-26-14/h3-4,7H,2,5-6,8-12H2,1H3. The molecule has 28 heavy (non-hydrogen) atoms. The van der Waals surface area contributed by atoms with Gasteiger partial charge in [0.2, 0.25) is 12.7 Å². The molecule has 0 saturated carbocycles. The maximum atomic E-state index is 12.8. The van der Waals surface area contributed by atoms with Crippen LogP contribution in [0.2, 0.25) is 0 Å². The SMILES string of the molecule is CCn1nc2n(c1=O)CC1(CCN(C(=O)Cc3ccc4c(c3)OCO4)C1)OC2. The molecule has 1 atom stereocenters. The van der Waals surface area contributed by atoms with Crippen LogP contribution in [0.3, 0.4) is 0 Å². The van der Waals surface area contributed by atoms with Crippen LogP contribution in [0.15, 0.2) is 23.0 Å². The van der Waals surface area contributed by atoms with Crippen LogP contribution in [0, 0.1) is 0 Å². The van der Waals surface area contributed by atoms with Crippen LogP contribution in [0.5, 0.6) is 11.5 Å². The molecule has 0 radical (unpaired) electrons. The normalized spacial score (nSPS) is 22.7. The molecule has 148 valence electrons. The fourth-order valence-corrected chi connectivity index (χ4v) is 4.15. The molecular formula is C19H22N4O5. The highest BCUT2D eigenvalue weighted by atomic mass is 16.7. The minimum absolute atomic E-state index is 0.0433. The van der Waals surface area contributed by atoms with Gasteiger partial charge < -0.3 is 19.1 Å². The summed E-state index contributed by atoms with van der Waals surface area (Å²) in [6.07, 6.45) is 1.01. The number of hydrogen-bond donors (Lipinski definition) is 0. The van der Waals surface area contributed by atoms with E-state index in [2.05, 4.69) is 5.10 Å². The number of nitrogens with zero attached hydrogens (tertiary/aromatic N) is 4. The number of carbonyl (C=O) groups is 1. The average molecular weight is 386 g/mol. The zero-order valence-electron chi connectivity index (χ0n) is 15.7. The summed E-state index contributed by atoms with van der Waals surface area (Å²) in [4.78, 5) is 27.1. The van der Waals surface area contributed by atoms with Crippen LogP contribution in [-0.2, 0) is 35.6 Å². The van der Waals surface area contributed by atoms with E-state index in [9.17, 15) is 9.59 Å². The maximum absolute atomic E-state index is 12.8. The molecule has 1 fully saturated rings. The van der Waals surface area contributed by atoms with Crippen molar-refractivity contribution in [3.05, 3.63) is 40.1 Å². The number of amides is 1. The lowest BCUT2D eigenvalue weighted by molar-refractivity contribution is -0.132. The van der Waals surface area contributed by atoms with Crippen LogP contribution < -0.4 is 15.2 Å². The zero-order valence-corrected chi connectivity index (χ0v) is 15.7. The molecule has 1 unspecified atom stereocenters. The van der Waals surface area contributed by atoms with Crippen molar-refractivity contribution in [3.8, 4) is 11.5 Å². The van der Waals surface area contributed by atoms with Crippen molar-refractivity contribution >= 4 is 5.91 Å². The number of hydrogen-bond acceptors (Lipinski definition) is 6. The highest BCUT2D eigenvalue weighted by Crippen LogP contribution is 2.34. The summed E-state index contributed by atoms with van der Waals surface area (Å²) in [6.45, 7) is 4.49. The van der Waals surface area contributed by atoms with E-state index in [0.717, 1.165) is 5.56 Å². The molecular weight excluding hydrogens is 364 g/mol. The van der Waals surface area contributed by atoms with Crippen molar-refractivity contribution in [2.45, 2.75) is 45.1 Å². The molecule has 1 saturated heterocycles. The Balaban J connectivity index is 1.28. The van der Waals surface area contributed by atoms with Crippen LogP contribution in [0.1, 0.15) is 24.7 Å². The van der Waals surface area contributed by atoms with E-state index in [1.807, 2.05) is 30.0 Å². The van der Waals surface area contributed by atoms with Gasteiger partial charge in [-0.15, -0.1) is 0 Å². The Kier molecular flexibility index (Phi) is 3.94. The second-order valence-electron chi connectivity index (χ2n) is 7.50. The van der Waals surface area contributed by atoms with Gasteiger partial charge in [0.25, 0.3) is 0 Å². The molecule has 4 heterocycles. The van der Waals surface area contributed by atoms with Gasteiger partial charge in [-0.1, -0.05) is 6.07 Å². The highest BCUT2D eigenvalue weighted by Gasteiger charge is 2.44. The van der Waals surface area contributed by atoms with Crippen molar-refractivity contribution in [1.29, 1.82) is 0 Å². The third-order valence-corrected chi connectivity index (χ3v) is 5.71. The third kappa shape index (κ3) is 2.77. The van der Waals surface area contributed by atoms with Gasteiger partial charge in [0.05, 0.1) is 19.5 Å². The van der Waals surface area contributed by atoms with Gasteiger partial charge in [-0.05, 0) is 31.0 Å². The molecule has 1 aromatic carbocycles. The molecule has 2 aromatic rings. The Labute approximate surface area is 161 Å².